The number of aryl methyl sites for hydroxylation is 1. The lowest BCUT2D eigenvalue weighted by Crippen LogP contribution is -2.44. The highest BCUT2D eigenvalue weighted by Gasteiger charge is 2.15. The summed E-state index contributed by atoms with van der Waals surface area (Å²) < 4.78 is 21.2. The number of benzene rings is 2. The van der Waals surface area contributed by atoms with Crippen LogP contribution in [-0.2, 0) is 0 Å². The fourth-order valence-corrected chi connectivity index (χ4v) is 3.68. The Labute approximate surface area is 183 Å². The zero-order valence-electron chi connectivity index (χ0n) is 18.5. The van der Waals surface area contributed by atoms with Crippen LogP contribution in [0.5, 0.6) is 5.75 Å². The van der Waals surface area contributed by atoms with Gasteiger partial charge >= 0.3 is 0 Å². The van der Waals surface area contributed by atoms with Gasteiger partial charge in [0.05, 0.1) is 11.8 Å². The summed E-state index contributed by atoms with van der Waals surface area (Å²) in [6.45, 7) is 10.0. The van der Waals surface area contributed by atoms with Gasteiger partial charge in [0.2, 0.25) is 5.95 Å². The molecule has 0 aliphatic carbocycles. The van der Waals surface area contributed by atoms with Crippen molar-refractivity contribution in [2.75, 3.05) is 43.4 Å². The summed E-state index contributed by atoms with van der Waals surface area (Å²) >= 11 is 0. The van der Waals surface area contributed by atoms with Gasteiger partial charge in [0, 0.05) is 51.1 Å². The molecule has 1 aliphatic heterocycles. The van der Waals surface area contributed by atoms with Crippen molar-refractivity contribution in [2.24, 2.45) is 0 Å². The second-order valence-electron chi connectivity index (χ2n) is 8.30. The lowest BCUT2D eigenvalue weighted by Gasteiger charge is -2.34. The average molecular weight is 427 g/mol. The molecular formula is C23H31FN6O. The fraction of sp³-hybridized carbons (Fsp3) is 0.391. The molecule has 1 aliphatic rings. The molecular weight excluding hydrogens is 395 g/mol. The van der Waals surface area contributed by atoms with Crippen molar-refractivity contribution in [2.45, 2.75) is 26.9 Å². The molecule has 1 aromatic heterocycles. The Hall–Kier alpha value is -3.13. The standard InChI is InChI=1S/C23H29FN6O.H2/c1-16(2)31-22-12-18(24)11-21(14-22)30-15-25-23(27-30)26-19-9-17(3)10-20(13-19)29-7-5-28(4)6-8-29;/h9-16H,5-8H2,1-4H3,(H,26,27);1H. The molecule has 7 nitrogen and oxygen atoms in total. The van der Waals surface area contributed by atoms with Crippen LogP contribution in [0, 0.1) is 12.7 Å². The van der Waals surface area contributed by atoms with Crippen molar-refractivity contribution in [1.29, 1.82) is 0 Å². The van der Waals surface area contributed by atoms with Crippen LogP contribution in [0.4, 0.5) is 21.7 Å². The van der Waals surface area contributed by atoms with Crippen LogP contribution in [0.2, 0.25) is 0 Å². The molecule has 1 N–H and O–H groups in total. The van der Waals surface area contributed by atoms with Crippen LogP contribution >= 0.6 is 0 Å². The number of anilines is 3. The fourth-order valence-electron chi connectivity index (χ4n) is 3.68. The molecule has 0 spiro atoms. The van der Waals surface area contributed by atoms with E-state index in [1.807, 2.05) is 13.8 Å². The van der Waals surface area contributed by atoms with E-state index in [1.165, 1.54) is 28.1 Å². The maximum Gasteiger partial charge on any atom is 0.246 e. The number of rotatable bonds is 6. The first kappa shape index (κ1) is 21.1. The molecule has 166 valence electrons. The zero-order valence-corrected chi connectivity index (χ0v) is 18.5. The molecule has 2 heterocycles. The quantitative estimate of drug-likeness (QED) is 0.636. The Morgan fingerprint density at radius 1 is 1.03 bits per heavy atom. The largest absolute Gasteiger partial charge is 0.491 e. The molecule has 0 atom stereocenters. The molecule has 0 saturated carbocycles. The van der Waals surface area contributed by atoms with Crippen LogP contribution in [0.1, 0.15) is 20.8 Å². The summed E-state index contributed by atoms with van der Waals surface area (Å²) in [5.74, 6) is 0.532. The Morgan fingerprint density at radius 2 is 1.81 bits per heavy atom. The van der Waals surface area contributed by atoms with Gasteiger partial charge in [-0.1, -0.05) is 0 Å². The van der Waals surface area contributed by atoms with Gasteiger partial charge < -0.3 is 19.9 Å². The van der Waals surface area contributed by atoms with Crippen LogP contribution in [0.15, 0.2) is 42.7 Å². The van der Waals surface area contributed by atoms with Crippen molar-refractivity contribution < 1.29 is 10.6 Å². The minimum Gasteiger partial charge on any atom is -0.491 e. The van der Waals surface area contributed by atoms with E-state index < -0.39 is 0 Å². The predicted molar refractivity (Wildman–Crippen MR) is 123 cm³/mol. The summed E-state index contributed by atoms with van der Waals surface area (Å²) in [5, 5.41) is 7.75. The molecule has 31 heavy (non-hydrogen) atoms. The smallest absolute Gasteiger partial charge is 0.246 e. The molecule has 3 aromatic rings. The van der Waals surface area contributed by atoms with E-state index in [0.29, 0.717) is 17.4 Å². The Morgan fingerprint density at radius 3 is 2.55 bits per heavy atom. The van der Waals surface area contributed by atoms with Gasteiger partial charge in [0.25, 0.3) is 0 Å². The number of likely N-dealkylation sites (N-methyl/N-ethyl adjacent to an activating group) is 1. The third kappa shape index (κ3) is 5.32. The van der Waals surface area contributed by atoms with Gasteiger partial charge in [-0.15, -0.1) is 5.10 Å². The molecule has 0 bridgehead atoms. The van der Waals surface area contributed by atoms with Gasteiger partial charge in [-0.3, -0.25) is 0 Å². The highest BCUT2D eigenvalue weighted by atomic mass is 19.1. The maximum absolute atomic E-state index is 14.0. The second-order valence-corrected chi connectivity index (χ2v) is 8.30. The van der Waals surface area contributed by atoms with Gasteiger partial charge in [-0.25, -0.2) is 9.07 Å². The molecule has 0 radical (unpaired) electrons. The molecule has 2 aromatic carbocycles. The topological polar surface area (TPSA) is 58.5 Å². The average Bonchev–Trinajstić information content (AvgIpc) is 3.15. The van der Waals surface area contributed by atoms with Gasteiger partial charge in [-0.05, 0) is 57.6 Å². The molecule has 8 heteroatoms. The maximum atomic E-state index is 14.0. The summed E-state index contributed by atoms with van der Waals surface area (Å²) in [4.78, 5) is 9.08. The van der Waals surface area contributed by atoms with Crippen LogP contribution in [0.3, 0.4) is 0 Å². The van der Waals surface area contributed by atoms with Crippen LogP contribution < -0.4 is 15.0 Å². The molecule has 1 fully saturated rings. The van der Waals surface area contributed by atoms with Gasteiger partial charge in [0.1, 0.15) is 17.9 Å². The second kappa shape index (κ2) is 8.93. The number of hydrogen-bond acceptors (Lipinski definition) is 6. The first-order valence-corrected chi connectivity index (χ1v) is 10.6. The number of aromatic nitrogens is 3. The summed E-state index contributed by atoms with van der Waals surface area (Å²) in [6, 6.07) is 10.9. The van der Waals surface area contributed by atoms with Crippen molar-refractivity contribution in [3.63, 3.8) is 0 Å². The zero-order chi connectivity index (χ0) is 22.0. The van der Waals surface area contributed by atoms with Crippen LogP contribution in [-0.4, -0.2) is 59.0 Å². The Bertz CT molecular complexity index is 1050. The number of nitrogens with zero attached hydrogens (tertiary/aromatic N) is 5. The number of halogens is 1. The molecule has 0 unspecified atom stereocenters. The van der Waals surface area contributed by atoms with Crippen molar-refractivity contribution >= 4 is 17.3 Å². The summed E-state index contributed by atoms with van der Waals surface area (Å²) in [5.41, 5.74) is 3.84. The molecule has 4 rings (SSSR count). The SMILES string of the molecule is Cc1cc(Nc2ncn(-c3cc(F)cc(OC(C)C)c3)n2)cc(N2CCN(C)CC2)c1.[HH]. The Kier molecular flexibility index (Phi) is 6.08. The van der Waals surface area contributed by atoms with Crippen molar-refractivity contribution in [1.82, 2.24) is 19.7 Å². The number of nitrogens with one attached hydrogen (secondary N) is 1. The van der Waals surface area contributed by atoms with Crippen molar-refractivity contribution in [3.05, 3.63) is 54.1 Å². The lowest BCUT2D eigenvalue weighted by atomic mass is 10.1. The minimum absolute atomic E-state index is 0. The third-order valence-corrected chi connectivity index (χ3v) is 5.17. The number of hydrogen-bond donors (Lipinski definition) is 1. The van der Waals surface area contributed by atoms with E-state index in [2.05, 4.69) is 57.4 Å². The normalized spacial score (nSPS) is 14.8. The Balaban J connectivity index is 0.00000289. The van der Waals surface area contributed by atoms with Crippen molar-refractivity contribution in [3.8, 4) is 11.4 Å². The van der Waals surface area contributed by atoms with E-state index in [9.17, 15) is 4.39 Å². The third-order valence-electron chi connectivity index (χ3n) is 5.17. The molecule has 1 saturated heterocycles. The first-order chi connectivity index (χ1) is 14.9. The first-order valence-electron chi connectivity index (χ1n) is 10.6. The molecule has 0 amide bonds. The monoisotopic (exact) mass is 426 g/mol. The summed E-state index contributed by atoms with van der Waals surface area (Å²) in [7, 11) is 2.15. The minimum atomic E-state index is -0.381. The van der Waals surface area contributed by atoms with Crippen LogP contribution in [0.25, 0.3) is 5.69 Å². The lowest BCUT2D eigenvalue weighted by molar-refractivity contribution is 0.241. The van der Waals surface area contributed by atoms with E-state index in [0.717, 1.165) is 31.9 Å². The number of ether oxygens (including phenoxy) is 1. The van der Waals surface area contributed by atoms with E-state index in [1.54, 1.807) is 12.4 Å². The van der Waals surface area contributed by atoms with E-state index in [4.69, 9.17) is 4.74 Å². The van der Waals surface area contributed by atoms with Gasteiger partial charge in [0.15, 0.2) is 0 Å². The van der Waals surface area contributed by atoms with Gasteiger partial charge in [-0.2, -0.15) is 4.98 Å². The van der Waals surface area contributed by atoms with E-state index in [-0.39, 0.29) is 13.3 Å². The predicted octanol–water partition coefficient (Wildman–Crippen LogP) is 4.24. The van der Waals surface area contributed by atoms with E-state index >= 15 is 0 Å². The highest BCUT2D eigenvalue weighted by Crippen LogP contribution is 2.25. The summed E-state index contributed by atoms with van der Waals surface area (Å²) in [6.07, 6.45) is 1.52. The highest BCUT2D eigenvalue weighted by molar-refractivity contribution is 5.64. The number of piperazine rings is 1.